The first-order chi connectivity index (χ1) is 9.96. The summed E-state index contributed by atoms with van der Waals surface area (Å²) < 4.78 is 40.9. The van der Waals surface area contributed by atoms with E-state index in [1.165, 1.54) is 16.4 Å². The van der Waals surface area contributed by atoms with E-state index in [9.17, 15) is 12.8 Å². The molecule has 1 aromatic rings. The van der Waals surface area contributed by atoms with Crippen LogP contribution in [0.25, 0.3) is 0 Å². The first kappa shape index (κ1) is 16.7. The van der Waals surface area contributed by atoms with Gasteiger partial charge in [0.05, 0.1) is 0 Å². The van der Waals surface area contributed by atoms with E-state index in [2.05, 4.69) is 5.32 Å². The minimum Gasteiger partial charge on any atom is -0.320 e. The molecular formula is C14H20ClFN2O2S. The Kier molecular flexibility index (Phi) is 5.60. The van der Waals surface area contributed by atoms with Crippen molar-refractivity contribution in [3.8, 4) is 0 Å². The first-order valence-electron chi connectivity index (χ1n) is 7.08. The molecule has 2 rings (SSSR count). The lowest BCUT2D eigenvalue weighted by Crippen LogP contribution is -2.44. The van der Waals surface area contributed by atoms with Gasteiger partial charge in [0.2, 0.25) is 10.0 Å². The molecule has 1 unspecified atom stereocenters. The Hall–Kier alpha value is -0.690. The van der Waals surface area contributed by atoms with Gasteiger partial charge in [0.25, 0.3) is 0 Å². The molecule has 1 N–H and O–H groups in total. The second-order valence-corrected chi connectivity index (χ2v) is 7.53. The van der Waals surface area contributed by atoms with Crippen molar-refractivity contribution in [3.63, 3.8) is 0 Å². The number of sulfonamides is 1. The number of benzene rings is 1. The van der Waals surface area contributed by atoms with Crippen LogP contribution in [0.15, 0.2) is 23.1 Å². The molecule has 1 fully saturated rings. The quantitative estimate of drug-likeness (QED) is 0.900. The van der Waals surface area contributed by atoms with Gasteiger partial charge in [-0.1, -0.05) is 18.0 Å². The number of halogens is 2. The second kappa shape index (κ2) is 7.05. The maximum atomic E-state index is 14.0. The normalized spacial score (nSPS) is 20.6. The van der Waals surface area contributed by atoms with E-state index in [1.807, 2.05) is 7.05 Å². The maximum Gasteiger partial charge on any atom is 0.246 e. The zero-order chi connectivity index (χ0) is 15.5. The Morgan fingerprint density at radius 2 is 2.19 bits per heavy atom. The average Bonchev–Trinajstić information content (AvgIpc) is 2.45. The Morgan fingerprint density at radius 1 is 1.43 bits per heavy atom. The third-order valence-corrected chi connectivity index (χ3v) is 6.00. The summed E-state index contributed by atoms with van der Waals surface area (Å²) >= 11 is 5.69. The number of piperidine rings is 1. The summed E-state index contributed by atoms with van der Waals surface area (Å²) in [4.78, 5) is -0.289. The molecule has 4 nitrogen and oxygen atoms in total. The number of rotatable bonds is 5. The summed E-state index contributed by atoms with van der Waals surface area (Å²) in [6, 6.07) is 3.62. The summed E-state index contributed by atoms with van der Waals surface area (Å²) in [6.45, 7) is 1.18. The number of nitrogens with zero attached hydrogens (tertiary/aromatic N) is 1. The molecule has 0 aromatic heterocycles. The second-order valence-electron chi connectivity index (χ2n) is 5.23. The van der Waals surface area contributed by atoms with Gasteiger partial charge in [0, 0.05) is 17.6 Å². The van der Waals surface area contributed by atoms with Crippen molar-refractivity contribution in [2.45, 2.75) is 36.6 Å². The highest BCUT2D eigenvalue weighted by Gasteiger charge is 2.34. The average molecular weight is 335 g/mol. The minimum atomic E-state index is -3.82. The third-order valence-electron chi connectivity index (χ3n) is 3.78. The van der Waals surface area contributed by atoms with Crippen molar-refractivity contribution in [2.75, 3.05) is 20.1 Å². The molecule has 1 atom stereocenters. The van der Waals surface area contributed by atoms with E-state index in [4.69, 9.17) is 11.6 Å². The smallest absolute Gasteiger partial charge is 0.246 e. The fourth-order valence-corrected chi connectivity index (χ4v) is 4.63. The van der Waals surface area contributed by atoms with Crippen molar-refractivity contribution >= 4 is 21.6 Å². The zero-order valence-electron chi connectivity index (χ0n) is 12.0. The third kappa shape index (κ3) is 3.74. The van der Waals surface area contributed by atoms with Crippen LogP contribution in [0.3, 0.4) is 0 Å². The predicted octanol–water partition coefficient (Wildman–Crippen LogP) is 2.63. The highest BCUT2D eigenvalue weighted by Crippen LogP contribution is 2.29. The highest BCUT2D eigenvalue weighted by atomic mass is 35.5. The molecule has 0 aliphatic carbocycles. The maximum absolute atomic E-state index is 14.0. The molecule has 0 bridgehead atoms. The number of hydrogen-bond acceptors (Lipinski definition) is 3. The number of hydrogen-bond donors (Lipinski definition) is 1. The molecule has 21 heavy (non-hydrogen) atoms. The standard InChI is InChI=1S/C14H20ClFN2O2S/c1-17-8-7-12-4-2-3-9-18(12)21(19,20)14-6-5-11(15)10-13(14)16/h5-6,10,12,17H,2-4,7-9H2,1H3. The van der Waals surface area contributed by atoms with Crippen molar-refractivity contribution in [2.24, 2.45) is 0 Å². The van der Waals surface area contributed by atoms with Crippen LogP contribution >= 0.6 is 11.6 Å². The van der Waals surface area contributed by atoms with Gasteiger partial charge in [0.15, 0.2) is 0 Å². The van der Waals surface area contributed by atoms with E-state index in [-0.39, 0.29) is 16.0 Å². The fourth-order valence-electron chi connectivity index (χ4n) is 2.70. The molecule has 0 spiro atoms. The highest BCUT2D eigenvalue weighted by molar-refractivity contribution is 7.89. The molecule has 1 heterocycles. The Balaban J connectivity index is 2.31. The van der Waals surface area contributed by atoms with Crippen LogP contribution < -0.4 is 5.32 Å². The summed E-state index contributed by atoms with van der Waals surface area (Å²) in [6.07, 6.45) is 3.36. The molecule has 0 amide bonds. The van der Waals surface area contributed by atoms with Gasteiger partial charge in [-0.15, -0.1) is 0 Å². The van der Waals surface area contributed by atoms with Gasteiger partial charge >= 0.3 is 0 Å². The van der Waals surface area contributed by atoms with Crippen LogP contribution in [0.4, 0.5) is 4.39 Å². The Morgan fingerprint density at radius 3 is 2.86 bits per heavy atom. The Bertz CT molecular complexity index is 595. The molecule has 118 valence electrons. The van der Waals surface area contributed by atoms with Crippen molar-refractivity contribution in [1.29, 1.82) is 0 Å². The van der Waals surface area contributed by atoms with Gasteiger partial charge in [-0.25, -0.2) is 12.8 Å². The lowest BCUT2D eigenvalue weighted by atomic mass is 10.0. The van der Waals surface area contributed by atoms with E-state index in [1.54, 1.807) is 0 Å². The summed E-state index contributed by atoms with van der Waals surface area (Å²) in [5.74, 6) is -0.791. The molecular weight excluding hydrogens is 315 g/mol. The van der Waals surface area contributed by atoms with E-state index in [0.29, 0.717) is 6.54 Å². The molecule has 0 saturated carbocycles. The van der Waals surface area contributed by atoms with Crippen LogP contribution in [-0.2, 0) is 10.0 Å². The molecule has 1 aliphatic rings. The predicted molar refractivity (Wildman–Crippen MR) is 81.5 cm³/mol. The van der Waals surface area contributed by atoms with Crippen LogP contribution in [0.1, 0.15) is 25.7 Å². The minimum absolute atomic E-state index is 0.0775. The topological polar surface area (TPSA) is 49.4 Å². The van der Waals surface area contributed by atoms with Gasteiger partial charge in [-0.3, -0.25) is 0 Å². The first-order valence-corrected chi connectivity index (χ1v) is 8.90. The van der Waals surface area contributed by atoms with E-state index in [0.717, 1.165) is 38.3 Å². The van der Waals surface area contributed by atoms with Gasteiger partial charge in [0.1, 0.15) is 10.7 Å². The van der Waals surface area contributed by atoms with Crippen molar-refractivity contribution < 1.29 is 12.8 Å². The van der Waals surface area contributed by atoms with Crippen molar-refractivity contribution in [3.05, 3.63) is 29.0 Å². The Labute approximate surface area is 130 Å². The monoisotopic (exact) mass is 334 g/mol. The molecule has 1 aromatic carbocycles. The molecule has 7 heteroatoms. The molecule has 1 aliphatic heterocycles. The number of nitrogens with one attached hydrogen (secondary N) is 1. The summed E-state index contributed by atoms with van der Waals surface area (Å²) in [7, 11) is -1.98. The van der Waals surface area contributed by atoms with Gasteiger partial charge in [-0.2, -0.15) is 4.31 Å². The molecule has 1 saturated heterocycles. The lowest BCUT2D eigenvalue weighted by Gasteiger charge is -2.34. The lowest BCUT2D eigenvalue weighted by molar-refractivity contribution is 0.240. The molecule has 0 radical (unpaired) electrons. The van der Waals surface area contributed by atoms with Crippen LogP contribution in [-0.4, -0.2) is 38.9 Å². The van der Waals surface area contributed by atoms with Crippen LogP contribution in [0, 0.1) is 5.82 Å². The van der Waals surface area contributed by atoms with Crippen LogP contribution in [0.5, 0.6) is 0 Å². The van der Waals surface area contributed by atoms with Crippen LogP contribution in [0.2, 0.25) is 5.02 Å². The van der Waals surface area contributed by atoms with Gasteiger partial charge < -0.3 is 5.32 Å². The van der Waals surface area contributed by atoms with Gasteiger partial charge in [-0.05, 0) is 51.1 Å². The fraction of sp³-hybridized carbons (Fsp3) is 0.571. The zero-order valence-corrected chi connectivity index (χ0v) is 13.6. The largest absolute Gasteiger partial charge is 0.320 e. The van der Waals surface area contributed by atoms with E-state index >= 15 is 0 Å². The van der Waals surface area contributed by atoms with Crippen molar-refractivity contribution in [1.82, 2.24) is 9.62 Å². The SMILES string of the molecule is CNCCC1CCCCN1S(=O)(=O)c1ccc(Cl)cc1F. The summed E-state index contributed by atoms with van der Waals surface area (Å²) in [5, 5.41) is 3.22. The summed E-state index contributed by atoms with van der Waals surface area (Å²) in [5.41, 5.74) is 0. The van der Waals surface area contributed by atoms with E-state index < -0.39 is 15.8 Å².